The van der Waals surface area contributed by atoms with Gasteiger partial charge in [-0.15, -0.1) is 0 Å². The smallest absolute Gasteiger partial charge is 0.242 e. The summed E-state index contributed by atoms with van der Waals surface area (Å²) in [7, 11) is 1.59. The zero-order chi connectivity index (χ0) is 13.5. The van der Waals surface area contributed by atoms with Crippen LogP contribution in [0.5, 0.6) is 0 Å². The van der Waals surface area contributed by atoms with E-state index in [9.17, 15) is 4.79 Å². The molecule has 0 bridgehead atoms. The second-order valence-electron chi connectivity index (χ2n) is 4.08. The molecule has 1 amide bonds. The van der Waals surface area contributed by atoms with Crippen molar-refractivity contribution in [3.8, 4) is 0 Å². The number of carbonyl (C=O) groups is 1. The summed E-state index contributed by atoms with van der Waals surface area (Å²) in [4.78, 5) is 15.9. The molecule has 0 fully saturated rings. The fourth-order valence-electron chi connectivity index (χ4n) is 1.45. The summed E-state index contributed by atoms with van der Waals surface area (Å²) in [5.74, 6) is 0.573. The van der Waals surface area contributed by atoms with Crippen molar-refractivity contribution in [1.82, 2.24) is 10.3 Å². The molecule has 1 aromatic heterocycles. The molecule has 0 aliphatic carbocycles. The number of nitrogens with two attached hydrogens (primary N) is 1. The first-order valence-corrected chi connectivity index (χ1v) is 5.80. The summed E-state index contributed by atoms with van der Waals surface area (Å²) >= 11 is 0. The van der Waals surface area contributed by atoms with Gasteiger partial charge in [-0.2, -0.15) is 0 Å². The number of anilines is 2. The lowest BCUT2D eigenvalue weighted by Gasteiger charge is -2.16. The number of aromatic nitrogens is 1. The molecule has 18 heavy (non-hydrogen) atoms. The minimum Gasteiger partial charge on any atom is -0.397 e. The number of hydrogen-bond donors (Lipinski definition) is 3. The summed E-state index contributed by atoms with van der Waals surface area (Å²) in [5, 5.41) is 5.80. The number of nitrogens with one attached hydrogen (secondary N) is 2. The van der Waals surface area contributed by atoms with Gasteiger partial charge in [-0.1, -0.05) is 0 Å². The molecule has 1 unspecified atom stereocenters. The van der Waals surface area contributed by atoms with E-state index in [1.807, 2.05) is 13.0 Å². The Morgan fingerprint density at radius 1 is 1.61 bits per heavy atom. The summed E-state index contributed by atoms with van der Waals surface area (Å²) in [5.41, 5.74) is 7.13. The second-order valence-corrected chi connectivity index (χ2v) is 4.08. The minimum atomic E-state index is -0.364. The van der Waals surface area contributed by atoms with Crippen molar-refractivity contribution >= 4 is 17.4 Å². The van der Waals surface area contributed by atoms with E-state index in [0.29, 0.717) is 24.7 Å². The third kappa shape index (κ3) is 4.21. The van der Waals surface area contributed by atoms with Crippen LogP contribution in [0.2, 0.25) is 0 Å². The molecule has 0 saturated carbocycles. The molecule has 100 valence electrons. The van der Waals surface area contributed by atoms with Crippen LogP contribution in [0.15, 0.2) is 12.3 Å². The van der Waals surface area contributed by atoms with E-state index >= 15 is 0 Å². The monoisotopic (exact) mass is 252 g/mol. The zero-order valence-corrected chi connectivity index (χ0v) is 11.0. The van der Waals surface area contributed by atoms with E-state index in [2.05, 4.69) is 15.6 Å². The highest BCUT2D eigenvalue weighted by Crippen LogP contribution is 2.14. The minimum absolute atomic E-state index is 0.0925. The predicted molar refractivity (Wildman–Crippen MR) is 71.4 cm³/mol. The van der Waals surface area contributed by atoms with Crippen molar-refractivity contribution in [2.75, 3.05) is 31.3 Å². The number of methoxy groups -OCH3 is 1. The normalized spacial score (nSPS) is 11.9. The third-order valence-electron chi connectivity index (χ3n) is 2.45. The molecule has 0 aliphatic heterocycles. The molecule has 0 radical (unpaired) electrons. The van der Waals surface area contributed by atoms with Crippen LogP contribution in [0.1, 0.15) is 12.5 Å². The molecule has 1 rings (SSSR count). The molecule has 0 spiro atoms. The molecule has 0 saturated heterocycles. The lowest BCUT2D eigenvalue weighted by Crippen LogP contribution is -2.39. The van der Waals surface area contributed by atoms with Gasteiger partial charge in [0.05, 0.1) is 18.5 Å². The maximum atomic E-state index is 11.7. The van der Waals surface area contributed by atoms with Gasteiger partial charge in [0, 0.05) is 13.7 Å². The summed E-state index contributed by atoms with van der Waals surface area (Å²) in [6.07, 6.45) is 1.56. The molecule has 4 N–H and O–H groups in total. The van der Waals surface area contributed by atoms with Gasteiger partial charge in [0.1, 0.15) is 11.9 Å². The van der Waals surface area contributed by atoms with E-state index in [1.165, 1.54) is 0 Å². The number of carbonyl (C=O) groups excluding carboxylic acids is 1. The zero-order valence-electron chi connectivity index (χ0n) is 11.0. The van der Waals surface area contributed by atoms with Crippen LogP contribution >= 0.6 is 0 Å². The predicted octanol–water partition coefficient (Wildman–Crippen LogP) is 0.535. The third-order valence-corrected chi connectivity index (χ3v) is 2.45. The van der Waals surface area contributed by atoms with E-state index in [1.54, 1.807) is 20.2 Å². The van der Waals surface area contributed by atoms with Crippen molar-refractivity contribution in [3.05, 3.63) is 17.8 Å². The Kier molecular flexibility index (Phi) is 5.38. The Bertz CT molecular complexity index is 409. The SMILES string of the molecule is COCCNC(=O)C(C)Nc1ncc(N)cc1C. The van der Waals surface area contributed by atoms with Crippen molar-refractivity contribution in [2.24, 2.45) is 0 Å². The van der Waals surface area contributed by atoms with Crippen molar-refractivity contribution < 1.29 is 9.53 Å². The Morgan fingerprint density at radius 2 is 2.33 bits per heavy atom. The van der Waals surface area contributed by atoms with Gasteiger partial charge in [-0.25, -0.2) is 4.98 Å². The highest BCUT2D eigenvalue weighted by molar-refractivity contribution is 5.84. The number of hydrogen-bond acceptors (Lipinski definition) is 5. The Morgan fingerprint density at radius 3 is 2.94 bits per heavy atom. The molecule has 0 aliphatic rings. The summed E-state index contributed by atoms with van der Waals surface area (Å²) in [6.45, 7) is 4.66. The quantitative estimate of drug-likeness (QED) is 0.643. The lowest BCUT2D eigenvalue weighted by molar-refractivity contribution is -0.121. The van der Waals surface area contributed by atoms with E-state index in [0.717, 1.165) is 5.56 Å². The first-order chi connectivity index (χ1) is 8.54. The van der Waals surface area contributed by atoms with Crippen LogP contribution in [0, 0.1) is 6.92 Å². The average Bonchev–Trinajstić information content (AvgIpc) is 2.32. The van der Waals surface area contributed by atoms with Gasteiger partial charge in [0.25, 0.3) is 0 Å². The number of aryl methyl sites for hydroxylation is 1. The molecule has 6 nitrogen and oxygen atoms in total. The Balaban J connectivity index is 2.53. The van der Waals surface area contributed by atoms with Gasteiger partial charge in [0.2, 0.25) is 5.91 Å². The lowest BCUT2D eigenvalue weighted by atomic mass is 10.2. The van der Waals surface area contributed by atoms with E-state index < -0.39 is 0 Å². The van der Waals surface area contributed by atoms with Crippen LogP contribution in [0.25, 0.3) is 0 Å². The molecule has 1 aromatic rings. The fourth-order valence-corrected chi connectivity index (χ4v) is 1.45. The molecule has 6 heteroatoms. The standard InChI is InChI=1S/C12H20N4O2/c1-8-6-10(13)7-15-11(8)16-9(2)12(17)14-4-5-18-3/h6-7,9H,4-5,13H2,1-3H3,(H,14,17)(H,15,16). The van der Waals surface area contributed by atoms with Gasteiger partial charge in [0.15, 0.2) is 0 Å². The average molecular weight is 252 g/mol. The summed E-state index contributed by atoms with van der Waals surface area (Å²) in [6, 6.07) is 1.45. The maximum Gasteiger partial charge on any atom is 0.242 e. The first kappa shape index (κ1) is 14.2. The number of nitrogens with zero attached hydrogens (tertiary/aromatic N) is 1. The number of amides is 1. The van der Waals surface area contributed by atoms with E-state index in [-0.39, 0.29) is 11.9 Å². The number of nitrogen functional groups attached to an aromatic ring is 1. The largest absolute Gasteiger partial charge is 0.397 e. The van der Waals surface area contributed by atoms with Crippen molar-refractivity contribution in [3.63, 3.8) is 0 Å². The van der Waals surface area contributed by atoms with Gasteiger partial charge >= 0.3 is 0 Å². The highest BCUT2D eigenvalue weighted by Gasteiger charge is 2.13. The van der Waals surface area contributed by atoms with Crippen LogP contribution in [-0.4, -0.2) is 37.2 Å². The molecule has 1 atom stereocenters. The summed E-state index contributed by atoms with van der Waals surface area (Å²) < 4.78 is 4.86. The number of rotatable bonds is 6. The molecule has 0 aromatic carbocycles. The Hall–Kier alpha value is -1.82. The van der Waals surface area contributed by atoms with Gasteiger partial charge in [-0.3, -0.25) is 4.79 Å². The van der Waals surface area contributed by atoms with Gasteiger partial charge < -0.3 is 21.1 Å². The van der Waals surface area contributed by atoms with Gasteiger partial charge in [-0.05, 0) is 25.5 Å². The van der Waals surface area contributed by atoms with Crippen LogP contribution < -0.4 is 16.4 Å². The Labute approximate surface area is 107 Å². The van der Waals surface area contributed by atoms with E-state index in [4.69, 9.17) is 10.5 Å². The second kappa shape index (κ2) is 6.80. The molecule has 1 heterocycles. The van der Waals surface area contributed by atoms with Crippen LogP contribution in [0.4, 0.5) is 11.5 Å². The number of ether oxygens (including phenoxy) is 1. The fraction of sp³-hybridized carbons (Fsp3) is 0.500. The molecular formula is C12H20N4O2. The van der Waals surface area contributed by atoms with Crippen molar-refractivity contribution in [2.45, 2.75) is 19.9 Å². The first-order valence-electron chi connectivity index (χ1n) is 5.80. The topological polar surface area (TPSA) is 89.3 Å². The highest BCUT2D eigenvalue weighted by atomic mass is 16.5. The number of pyridine rings is 1. The van der Waals surface area contributed by atoms with Crippen LogP contribution in [-0.2, 0) is 9.53 Å². The maximum absolute atomic E-state index is 11.7. The molecular weight excluding hydrogens is 232 g/mol. The van der Waals surface area contributed by atoms with Crippen molar-refractivity contribution in [1.29, 1.82) is 0 Å². The van der Waals surface area contributed by atoms with Crippen LogP contribution in [0.3, 0.4) is 0 Å².